The largest absolute Gasteiger partial charge is 0.399 e. The molecule has 0 spiro atoms. The number of benzene rings is 1. The Bertz CT molecular complexity index is 359. The van der Waals surface area contributed by atoms with Gasteiger partial charge in [-0.1, -0.05) is 0 Å². The molecular formula is C10H13N3O2. The van der Waals surface area contributed by atoms with Crippen molar-refractivity contribution in [2.24, 2.45) is 0 Å². The predicted molar refractivity (Wildman–Crippen MR) is 57.3 cm³/mol. The summed E-state index contributed by atoms with van der Waals surface area (Å²) >= 11 is 0. The van der Waals surface area contributed by atoms with Crippen LogP contribution in [0.4, 0.5) is 5.69 Å². The van der Waals surface area contributed by atoms with Gasteiger partial charge in [-0.05, 0) is 24.3 Å². The zero-order valence-electron chi connectivity index (χ0n) is 8.41. The van der Waals surface area contributed by atoms with Gasteiger partial charge in [-0.3, -0.25) is 9.59 Å². The summed E-state index contributed by atoms with van der Waals surface area (Å²) < 4.78 is 0. The fourth-order valence-corrected chi connectivity index (χ4v) is 0.986. The topological polar surface area (TPSA) is 84.2 Å². The Morgan fingerprint density at radius 1 is 1.27 bits per heavy atom. The first-order valence-electron chi connectivity index (χ1n) is 4.48. The molecule has 0 saturated carbocycles. The van der Waals surface area contributed by atoms with Gasteiger partial charge in [0.25, 0.3) is 5.91 Å². The van der Waals surface area contributed by atoms with Crippen LogP contribution in [0.2, 0.25) is 0 Å². The van der Waals surface area contributed by atoms with Crippen LogP contribution in [0.3, 0.4) is 0 Å². The molecule has 0 aliphatic heterocycles. The van der Waals surface area contributed by atoms with Gasteiger partial charge in [0.05, 0.1) is 6.54 Å². The molecule has 0 atom stereocenters. The smallest absolute Gasteiger partial charge is 0.251 e. The van der Waals surface area contributed by atoms with E-state index in [4.69, 9.17) is 5.73 Å². The van der Waals surface area contributed by atoms with E-state index in [0.717, 1.165) is 0 Å². The summed E-state index contributed by atoms with van der Waals surface area (Å²) in [6.45, 7) is -0.0281. The quantitative estimate of drug-likeness (QED) is 0.597. The first-order chi connectivity index (χ1) is 7.13. The lowest BCUT2D eigenvalue weighted by atomic mass is 10.2. The van der Waals surface area contributed by atoms with E-state index in [0.29, 0.717) is 11.3 Å². The lowest BCUT2D eigenvalue weighted by Gasteiger charge is -2.04. The van der Waals surface area contributed by atoms with Gasteiger partial charge >= 0.3 is 0 Å². The fraction of sp³-hybridized carbons (Fsp3) is 0.200. The van der Waals surface area contributed by atoms with Crippen molar-refractivity contribution in [3.8, 4) is 0 Å². The van der Waals surface area contributed by atoms with Crippen LogP contribution in [0.25, 0.3) is 0 Å². The van der Waals surface area contributed by atoms with E-state index in [2.05, 4.69) is 10.6 Å². The van der Waals surface area contributed by atoms with Gasteiger partial charge in [0.1, 0.15) is 0 Å². The Morgan fingerprint density at radius 2 is 1.87 bits per heavy atom. The van der Waals surface area contributed by atoms with Gasteiger partial charge in [-0.2, -0.15) is 0 Å². The third kappa shape index (κ3) is 3.30. The Labute approximate surface area is 87.7 Å². The highest BCUT2D eigenvalue weighted by atomic mass is 16.2. The van der Waals surface area contributed by atoms with Crippen molar-refractivity contribution in [1.29, 1.82) is 0 Å². The van der Waals surface area contributed by atoms with Crippen molar-refractivity contribution in [1.82, 2.24) is 10.6 Å². The third-order valence-corrected chi connectivity index (χ3v) is 1.86. The number of carbonyl (C=O) groups is 2. The highest BCUT2D eigenvalue weighted by molar-refractivity contribution is 5.96. The normalized spacial score (nSPS) is 9.40. The van der Waals surface area contributed by atoms with Gasteiger partial charge in [0, 0.05) is 18.3 Å². The van der Waals surface area contributed by atoms with Crippen LogP contribution in [0.1, 0.15) is 10.4 Å². The second-order valence-corrected chi connectivity index (χ2v) is 2.98. The van der Waals surface area contributed by atoms with Crippen LogP contribution in [-0.4, -0.2) is 25.4 Å². The molecule has 0 aromatic heterocycles. The molecule has 2 amide bonds. The van der Waals surface area contributed by atoms with Gasteiger partial charge in [-0.25, -0.2) is 0 Å². The Morgan fingerprint density at radius 3 is 2.40 bits per heavy atom. The van der Waals surface area contributed by atoms with E-state index in [1.54, 1.807) is 24.3 Å². The number of nitrogen functional groups attached to an aromatic ring is 1. The molecule has 1 aromatic carbocycles. The Balaban J connectivity index is 2.54. The minimum atomic E-state index is -0.293. The average Bonchev–Trinajstić information content (AvgIpc) is 2.26. The molecule has 1 aromatic rings. The number of nitrogens with one attached hydrogen (secondary N) is 2. The van der Waals surface area contributed by atoms with Crippen LogP contribution in [-0.2, 0) is 4.79 Å². The van der Waals surface area contributed by atoms with E-state index in [1.165, 1.54) is 7.05 Å². The number of amides is 2. The van der Waals surface area contributed by atoms with Crippen molar-refractivity contribution in [3.05, 3.63) is 29.8 Å². The number of hydrogen-bond acceptors (Lipinski definition) is 3. The first-order valence-corrected chi connectivity index (χ1v) is 4.48. The van der Waals surface area contributed by atoms with E-state index in [1.807, 2.05) is 0 Å². The van der Waals surface area contributed by atoms with Gasteiger partial charge < -0.3 is 16.4 Å². The maximum atomic E-state index is 11.4. The molecule has 0 heterocycles. The molecule has 5 nitrogen and oxygen atoms in total. The predicted octanol–water partition coefficient (Wildman–Crippen LogP) is -0.255. The molecule has 1 rings (SSSR count). The van der Waals surface area contributed by atoms with E-state index >= 15 is 0 Å². The maximum Gasteiger partial charge on any atom is 0.251 e. The van der Waals surface area contributed by atoms with Crippen LogP contribution in [0, 0.1) is 0 Å². The van der Waals surface area contributed by atoms with Crippen LogP contribution in [0.15, 0.2) is 24.3 Å². The molecule has 5 heteroatoms. The standard InChI is InChI=1S/C10H13N3O2/c1-12-9(14)6-13-10(15)7-2-4-8(11)5-3-7/h2-5H,6,11H2,1H3,(H,12,14)(H,13,15). The average molecular weight is 207 g/mol. The monoisotopic (exact) mass is 207 g/mol. The number of nitrogens with two attached hydrogens (primary N) is 1. The highest BCUT2D eigenvalue weighted by Crippen LogP contribution is 2.04. The van der Waals surface area contributed by atoms with Gasteiger partial charge in [0.2, 0.25) is 5.91 Å². The summed E-state index contributed by atoms with van der Waals surface area (Å²) in [7, 11) is 1.51. The summed E-state index contributed by atoms with van der Waals surface area (Å²) in [5.41, 5.74) is 6.55. The molecular weight excluding hydrogens is 194 g/mol. The van der Waals surface area contributed by atoms with Gasteiger partial charge in [0.15, 0.2) is 0 Å². The van der Waals surface area contributed by atoms with E-state index < -0.39 is 0 Å². The minimum Gasteiger partial charge on any atom is -0.399 e. The molecule has 0 unspecified atom stereocenters. The summed E-state index contributed by atoms with van der Waals surface area (Å²) in [5.74, 6) is -0.530. The summed E-state index contributed by atoms with van der Waals surface area (Å²) in [4.78, 5) is 22.3. The van der Waals surface area contributed by atoms with Crippen molar-refractivity contribution >= 4 is 17.5 Å². The maximum absolute atomic E-state index is 11.4. The molecule has 0 saturated heterocycles. The molecule has 4 N–H and O–H groups in total. The van der Waals surface area contributed by atoms with Gasteiger partial charge in [-0.15, -0.1) is 0 Å². The highest BCUT2D eigenvalue weighted by Gasteiger charge is 2.05. The summed E-state index contributed by atoms with van der Waals surface area (Å²) in [6, 6.07) is 6.48. The van der Waals surface area contributed by atoms with Crippen LogP contribution >= 0.6 is 0 Å². The third-order valence-electron chi connectivity index (χ3n) is 1.86. The lowest BCUT2D eigenvalue weighted by molar-refractivity contribution is -0.119. The molecule has 0 aliphatic carbocycles. The molecule has 80 valence electrons. The summed E-state index contributed by atoms with van der Waals surface area (Å²) in [6.07, 6.45) is 0. The van der Waals surface area contributed by atoms with Crippen LogP contribution in [0.5, 0.6) is 0 Å². The first kappa shape index (κ1) is 11.0. The Hall–Kier alpha value is -2.04. The van der Waals surface area contributed by atoms with E-state index in [9.17, 15) is 9.59 Å². The lowest BCUT2D eigenvalue weighted by Crippen LogP contribution is -2.35. The number of rotatable bonds is 3. The zero-order chi connectivity index (χ0) is 11.3. The van der Waals surface area contributed by atoms with Crippen LogP contribution < -0.4 is 16.4 Å². The second kappa shape index (κ2) is 4.99. The van der Waals surface area contributed by atoms with Crippen molar-refractivity contribution in [2.75, 3.05) is 19.3 Å². The summed E-state index contributed by atoms with van der Waals surface area (Å²) in [5, 5.41) is 4.88. The fourth-order valence-electron chi connectivity index (χ4n) is 0.986. The molecule has 0 fully saturated rings. The van der Waals surface area contributed by atoms with Crippen molar-refractivity contribution < 1.29 is 9.59 Å². The Kier molecular flexibility index (Phi) is 3.68. The number of anilines is 1. The molecule has 0 bridgehead atoms. The molecule has 0 radical (unpaired) electrons. The number of hydrogen-bond donors (Lipinski definition) is 3. The van der Waals surface area contributed by atoms with E-state index in [-0.39, 0.29) is 18.4 Å². The number of carbonyl (C=O) groups excluding carboxylic acids is 2. The minimum absolute atomic E-state index is 0.0281. The SMILES string of the molecule is CNC(=O)CNC(=O)c1ccc(N)cc1. The number of likely N-dealkylation sites (N-methyl/N-ethyl adjacent to an activating group) is 1. The second-order valence-electron chi connectivity index (χ2n) is 2.98. The van der Waals surface area contributed by atoms with Crippen molar-refractivity contribution in [3.63, 3.8) is 0 Å². The zero-order valence-corrected chi connectivity index (χ0v) is 8.41. The molecule has 0 aliphatic rings. The molecule has 15 heavy (non-hydrogen) atoms. The van der Waals surface area contributed by atoms with Crippen molar-refractivity contribution in [2.45, 2.75) is 0 Å².